The molecule has 1 aromatic rings. The zero-order chi connectivity index (χ0) is 15.0. The van der Waals surface area contributed by atoms with Crippen molar-refractivity contribution in [3.8, 4) is 0 Å². The zero-order valence-electron chi connectivity index (χ0n) is 10.6. The largest absolute Gasteiger partial charge is 0.456 e. The van der Waals surface area contributed by atoms with Gasteiger partial charge in [-0.15, -0.1) is 0 Å². The van der Waals surface area contributed by atoms with Crippen molar-refractivity contribution in [3.05, 3.63) is 29.1 Å². The van der Waals surface area contributed by atoms with Crippen molar-refractivity contribution in [3.63, 3.8) is 0 Å². The Morgan fingerprint density at radius 1 is 1.21 bits per heavy atom. The summed E-state index contributed by atoms with van der Waals surface area (Å²) in [6, 6.07) is 1.25. The number of rotatable bonds is 1. The Morgan fingerprint density at radius 2 is 1.74 bits per heavy atom. The normalized spacial score (nSPS) is 12.4. The monoisotopic (exact) mass is 279 g/mol. The highest BCUT2D eigenvalue weighted by atomic mass is 19.4. The first kappa shape index (κ1) is 15.3. The number of ether oxygens (including phenoxy) is 1. The maximum atomic E-state index is 13.7. The van der Waals surface area contributed by atoms with E-state index in [-0.39, 0.29) is 5.69 Å². The summed E-state index contributed by atoms with van der Waals surface area (Å²) in [4.78, 5) is 11.6. The molecule has 3 nitrogen and oxygen atoms in total. The van der Waals surface area contributed by atoms with Crippen molar-refractivity contribution in [2.75, 3.05) is 5.73 Å². The molecule has 0 saturated heterocycles. The number of alkyl halides is 3. The van der Waals surface area contributed by atoms with Gasteiger partial charge in [-0.1, -0.05) is 0 Å². The van der Waals surface area contributed by atoms with Gasteiger partial charge in [0.2, 0.25) is 0 Å². The fraction of sp³-hybridized carbons (Fsp3) is 0.417. The van der Waals surface area contributed by atoms with Crippen LogP contribution in [0.15, 0.2) is 12.1 Å². The van der Waals surface area contributed by atoms with E-state index in [1.54, 1.807) is 0 Å². The van der Waals surface area contributed by atoms with E-state index in [4.69, 9.17) is 10.5 Å². The van der Waals surface area contributed by atoms with E-state index in [1.165, 1.54) is 20.8 Å². The van der Waals surface area contributed by atoms with E-state index >= 15 is 0 Å². The highest BCUT2D eigenvalue weighted by Gasteiger charge is 2.37. The number of nitrogens with two attached hydrogens (primary N) is 1. The molecule has 0 amide bonds. The van der Waals surface area contributed by atoms with Gasteiger partial charge in [0.1, 0.15) is 11.4 Å². The van der Waals surface area contributed by atoms with E-state index in [9.17, 15) is 22.4 Å². The van der Waals surface area contributed by atoms with E-state index in [2.05, 4.69) is 0 Å². The maximum Gasteiger partial charge on any atom is 0.419 e. The second-order valence-electron chi connectivity index (χ2n) is 4.93. The lowest BCUT2D eigenvalue weighted by Gasteiger charge is -2.20. The Bertz CT molecular complexity index is 504. The molecule has 1 aromatic carbocycles. The fourth-order valence-electron chi connectivity index (χ4n) is 1.33. The molecular formula is C12H13F4NO2. The molecule has 0 spiro atoms. The van der Waals surface area contributed by atoms with Crippen molar-refractivity contribution in [1.82, 2.24) is 0 Å². The number of halogens is 4. The highest BCUT2D eigenvalue weighted by Crippen LogP contribution is 2.34. The van der Waals surface area contributed by atoms with Gasteiger partial charge in [0, 0.05) is 5.69 Å². The van der Waals surface area contributed by atoms with Crippen LogP contribution in [0.25, 0.3) is 0 Å². The lowest BCUT2D eigenvalue weighted by Crippen LogP contribution is -2.25. The van der Waals surface area contributed by atoms with Crippen molar-refractivity contribution in [1.29, 1.82) is 0 Å². The third-order valence-corrected chi connectivity index (χ3v) is 2.02. The van der Waals surface area contributed by atoms with Crippen LogP contribution in [0.3, 0.4) is 0 Å². The molecule has 1 rings (SSSR count). The van der Waals surface area contributed by atoms with Crippen molar-refractivity contribution >= 4 is 11.7 Å². The predicted octanol–water partition coefficient (Wildman–Crippen LogP) is 3.38. The second kappa shape index (κ2) is 4.71. The van der Waals surface area contributed by atoms with Gasteiger partial charge in [0.05, 0.1) is 11.1 Å². The van der Waals surface area contributed by atoms with Gasteiger partial charge in [0.15, 0.2) is 0 Å². The molecule has 0 radical (unpaired) electrons. The molecule has 0 bridgehead atoms. The summed E-state index contributed by atoms with van der Waals surface area (Å²) in [6.07, 6.45) is -4.93. The van der Waals surface area contributed by atoms with Crippen molar-refractivity contribution in [2.24, 2.45) is 0 Å². The summed E-state index contributed by atoms with van der Waals surface area (Å²) in [5, 5.41) is 0. The van der Waals surface area contributed by atoms with Gasteiger partial charge in [0.25, 0.3) is 0 Å². The Morgan fingerprint density at radius 3 is 2.16 bits per heavy atom. The molecule has 7 heteroatoms. The number of hydrogen-bond acceptors (Lipinski definition) is 3. The predicted molar refractivity (Wildman–Crippen MR) is 61.0 cm³/mol. The van der Waals surface area contributed by atoms with Crippen LogP contribution < -0.4 is 5.73 Å². The van der Waals surface area contributed by atoms with Crippen molar-refractivity contribution < 1.29 is 27.1 Å². The van der Waals surface area contributed by atoms with Gasteiger partial charge in [-0.3, -0.25) is 0 Å². The van der Waals surface area contributed by atoms with Gasteiger partial charge in [-0.2, -0.15) is 13.2 Å². The first-order chi connectivity index (χ1) is 8.42. The van der Waals surface area contributed by atoms with Crippen LogP contribution in [0.1, 0.15) is 36.7 Å². The summed E-state index contributed by atoms with van der Waals surface area (Å²) in [6.45, 7) is 4.54. The number of hydrogen-bond donors (Lipinski definition) is 1. The number of esters is 1. The second-order valence-corrected chi connectivity index (χ2v) is 4.93. The third kappa shape index (κ3) is 3.84. The molecule has 2 N–H and O–H groups in total. The fourth-order valence-corrected chi connectivity index (χ4v) is 1.33. The summed E-state index contributed by atoms with van der Waals surface area (Å²) < 4.78 is 56.2. The molecule has 0 unspecified atom stereocenters. The van der Waals surface area contributed by atoms with E-state index < -0.39 is 34.7 Å². The summed E-state index contributed by atoms with van der Waals surface area (Å²) >= 11 is 0. The number of anilines is 1. The summed E-state index contributed by atoms with van der Waals surface area (Å²) in [5.74, 6) is -2.88. The standard InChI is InChI=1S/C12H13F4NO2/c1-11(2,3)19-10(18)7-4-6(17)5-8(9(7)13)12(14,15)16/h4-5H,17H2,1-3H3. The van der Waals surface area contributed by atoms with Gasteiger partial charge >= 0.3 is 12.1 Å². The average molecular weight is 279 g/mol. The summed E-state index contributed by atoms with van der Waals surface area (Å²) in [5.41, 5.74) is 1.51. The molecule has 0 atom stereocenters. The van der Waals surface area contributed by atoms with Crippen LogP contribution in [0.5, 0.6) is 0 Å². The lowest BCUT2D eigenvalue weighted by molar-refractivity contribution is -0.140. The molecule has 106 valence electrons. The zero-order valence-corrected chi connectivity index (χ0v) is 10.6. The third-order valence-electron chi connectivity index (χ3n) is 2.02. The number of nitrogen functional groups attached to an aromatic ring is 1. The van der Waals surface area contributed by atoms with Gasteiger partial charge < -0.3 is 10.5 Å². The smallest absolute Gasteiger partial charge is 0.419 e. The topological polar surface area (TPSA) is 52.3 Å². The lowest BCUT2D eigenvalue weighted by atomic mass is 10.1. The quantitative estimate of drug-likeness (QED) is 0.487. The average Bonchev–Trinajstić information content (AvgIpc) is 2.16. The Labute approximate surface area is 107 Å². The molecule has 0 saturated carbocycles. The highest BCUT2D eigenvalue weighted by molar-refractivity contribution is 5.91. The van der Waals surface area contributed by atoms with Crippen LogP contribution in [-0.4, -0.2) is 11.6 Å². The molecular weight excluding hydrogens is 266 g/mol. The molecule has 19 heavy (non-hydrogen) atoms. The number of benzene rings is 1. The van der Waals surface area contributed by atoms with Crippen LogP contribution in [0.4, 0.5) is 23.2 Å². The van der Waals surface area contributed by atoms with Crippen LogP contribution >= 0.6 is 0 Å². The van der Waals surface area contributed by atoms with E-state index in [1.807, 2.05) is 0 Å². The molecule has 0 fully saturated rings. The summed E-state index contributed by atoms with van der Waals surface area (Å²) in [7, 11) is 0. The minimum Gasteiger partial charge on any atom is -0.456 e. The van der Waals surface area contributed by atoms with E-state index in [0.717, 1.165) is 6.07 Å². The molecule has 0 aromatic heterocycles. The van der Waals surface area contributed by atoms with Crippen LogP contribution in [0.2, 0.25) is 0 Å². The first-order valence-electron chi connectivity index (χ1n) is 5.31. The first-order valence-corrected chi connectivity index (χ1v) is 5.31. The van der Waals surface area contributed by atoms with Crippen molar-refractivity contribution in [2.45, 2.75) is 32.5 Å². The maximum absolute atomic E-state index is 13.7. The minimum absolute atomic E-state index is 0.366. The molecule has 0 aliphatic carbocycles. The van der Waals surface area contributed by atoms with E-state index in [0.29, 0.717) is 6.07 Å². The van der Waals surface area contributed by atoms with Gasteiger partial charge in [-0.25, -0.2) is 9.18 Å². The number of carbonyl (C=O) groups excluding carboxylic acids is 1. The van der Waals surface area contributed by atoms with Gasteiger partial charge in [-0.05, 0) is 32.9 Å². The minimum atomic E-state index is -4.93. The van der Waals surface area contributed by atoms with Crippen LogP contribution in [-0.2, 0) is 10.9 Å². The Kier molecular flexibility index (Phi) is 3.79. The molecule has 0 aliphatic heterocycles. The molecule has 0 aliphatic rings. The molecule has 0 heterocycles. The number of carbonyl (C=O) groups is 1. The SMILES string of the molecule is CC(C)(C)OC(=O)c1cc(N)cc(C(F)(F)F)c1F. The van der Waals surface area contributed by atoms with Crippen LogP contribution in [0, 0.1) is 5.82 Å². The Balaban J connectivity index is 3.30. The Hall–Kier alpha value is -1.79.